The number of aryl methyl sites for hydroxylation is 2. The van der Waals surface area contributed by atoms with E-state index >= 15 is 0 Å². The molecular weight excluding hydrogens is 310 g/mol. The summed E-state index contributed by atoms with van der Waals surface area (Å²) < 4.78 is 26.9. The molecule has 0 fully saturated rings. The molecule has 0 saturated heterocycles. The highest BCUT2D eigenvalue weighted by atomic mass is 32.2. The van der Waals surface area contributed by atoms with E-state index < -0.39 is 16.0 Å². The number of carboxylic acids is 1. The number of rotatable bonds is 5. The minimum atomic E-state index is -3.73. The number of hydrogen-bond acceptors (Lipinski definition) is 4. The van der Waals surface area contributed by atoms with Gasteiger partial charge in [-0.25, -0.2) is 17.9 Å². The Morgan fingerprint density at radius 3 is 2.52 bits per heavy atom. The second-order valence-electron chi connectivity index (χ2n) is 4.63. The number of thiophene rings is 1. The first-order chi connectivity index (χ1) is 9.81. The lowest BCUT2D eigenvalue weighted by atomic mass is 10.1. The van der Waals surface area contributed by atoms with Crippen LogP contribution in [-0.4, -0.2) is 19.5 Å². The molecular formula is C14H15NO4S2. The van der Waals surface area contributed by atoms with Gasteiger partial charge in [0.05, 0.1) is 10.5 Å². The van der Waals surface area contributed by atoms with Crippen LogP contribution in [0.2, 0.25) is 0 Å². The molecule has 1 aromatic heterocycles. The molecule has 2 rings (SSSR count). The lowest BCUT2D eigenvalue weighted by Crippen LogP contribution is -2.23. The van der Waals surface area contributed by atoms with Crippen molar-refractivity contribution in [1.29, 1.82) is 0 Å². The normalized spacial score (nSPS) is 11.5. The van der Waals surface area contributed by atoms with E-state index in [1.54, 1.807) is 6.92 Å². The van der Waals surface area contributed by atoms with Crippen LogP contribution in [0, 0.1) is 13.8 Å². The van der Waals surface area contributed by atoms with Crippen LogP contribution in [0.5, 0.6) is 0 Å². The summed E-state index contributed by atoms with van der Waals surface area (Å²) in [5.74, 6) is -1.14. The smallest absolute Gasteiger partial charge is 0.335 e. The molecule has 0 spiro atoms. The topological polar surface area (TPSA) is 83.5 Å². The van der Waals surface area contributed by atoms with Crippen molar-refractivity contribution >= 4 is 27.3 Å². The lowest BCUT2D eigenvalue weighted by Gasteiger charge is -2.08. The van der Waals surface area contributed by atoms with Crippen LogP contribution < -0.4 is 4.72 Å². The summed E-state index contributed by atoms with van der Waals surface area (Å²) >= 11 is 1.47. The number of sulfonamides is 1. The van der Waals surface area contributed by atoms with Gasteiger partial charge in [0.25, 0.3) is 0 Å². The largest absolute Gasteiger partial charge is 0.478 e. The van der Waals surface area contributed by atoms with Crippen molar-refractivity contribution in [1.82, 2.24) is 4.72 Å². The second kappa shape index (κ2) is 5.97. The molecule has 7 heteroatoms. The number of aromatic carboxylic acids is 1. The van der Waals surface area contributed by atoms with E-state index in [0.29, 0.717) is 5.56 Å². The first kappa shape index (κ1) is 15.7. The van der Waals surface area contributed by atoms with Crippen LogP contribution >= 0.6 is 11.3 Å². The Bertz CT molecular complexity index is 778. The Balaban J connectivity index is 2.26. The van der Waals surface area contributed by atoms with E-state index in [-0.39, 0.29) is 17.0 Å². The van der Waals surface area contributed by atoms with Gasteiger partial charge in [-0.15, -0.1) is 11.3 Å². The third kappa shape index (κ3) is 3.49. The van der Waals surface area contributed by atoms with Crippen LogP contribution in [0.15, 0.2) is 34.5 Å². The zero-order chi connectivity index (χ0) is 15.6. The molecule has 0 bridgehead atoms. The van der Waals surface area contributed by atoms with Gasteiger partial charge in [0, 0.05) is 11.4 Å². The summed E-state index contributed by atoms with van der Waals surface area (Å²) in [6.07, 6.45) is 0. The fourth-order valence-electron chi connectivity index (χ4n) is 1.83. The zero-order valence-corrected chi connectivity index (χ0v) is 13.2. The van der Waals surface area contributed by atoms with Crippen LogP contribution in [0.3, 0.4) is 0 Å². The van der Waals surface area contributed by atoms with Crippen molar-refractivity contribution in [3.8, 4) is 0 Å². The van der Waals surface area contributed by atoms with E-state index in [9.17, 15) is 13.2 Å². The average molecular weight is 325 g/mol. The Kier molecular flexibility index (Phi) is 4.46. The molecule has 0 saturated carbocycles. The minimum Gasteiger partial charge on any atom is -0.478 e. The quantitative estimate of drug-likeness (QED) is 0.885. The van der Waals surface area contributed by atoms with E-state index in [1.807, 2.05) is 18.4 Å². The highest BCUT2D eigenvalue weighted by molar-refractivity contribution is 7.89. The molecule has 0 radical (unpaired) electrons. The first-order valence-corrected chi connectivity index (χ1v) is 8.54. The Hall–Kier alpha value is -1.70. The van der Waals surface area contributed by atoms with Crippen molar-refractivity contribution in [3.63, 3.8) is 0 Å². The lowest BCUT2D eigenvalue weighted by molar-refractivity contribution is 0.0696. The third-order valence-corrected chi connectivity index (χ3v) is 5.56. The predicted molar refractivity (Wildman–Crippen MR) is 81.2 cm³/mol. The van der Waals surface area contributed by atoms with Crippen molar-refractivity contribution in [2.45, 2.75) is 25.3 Å². The number of nitrogens with one attached hydrogen (secondary N) is 1. The van der Waals surface area contributed by atoms with Gasteiger partial charge in [-0.1, -0.05) is 6.07 Å². The van der Waals surface area contributed by atoms with E-state index in [4.69, 9.17) is 5.11 Å². The zero-order valence-electron chi connectivity index (χ0n) is 11.6. The Morgan fingerprint density at radius 1 is 1.24 bits per heavy atom. The molecule has 5 nitrogen and oxygen atoms in total. The van der Waals surface area contributed by atoms with E-state index in [1.165, 1.54) is 29.5 Å². The van der Waals surface area contributed by atoms with Crippen LogP contribution in [0.25, 0.3) is 0 Å². The van der Waals surface area contributed by atoms with Gasteiger partial charge in [-0.05, 0) is 48.6 Å². The highest BCUT2D eigenvalue weighted by Gasteiger charge is 2.18. The standard InChI is InChI=1S/C14H15NO4S2/c1-9-3-4-11(7-12(9)14(16)17)21(18,19)15-8-13-10(2)5-6-20-13/h3-7,15H,8H2,1-2H3,(H,16,17). The fraction of sp³-hybridized carbons (Fsp3) is 0.214. The SMILES string of the molecule is Cc1ccc(S(=O)(=O)NCc2sccc2C)cc1C(=O)O. The summed E-state index contributed by atoms with van der Waals surface area (Å²) in [6, 6.07) is 6.00. The maximum atomic E-state index is 12.2. The van der Waals surface area contributed by atoms with Crippen molar-refractivity contribution in [2.24, 2.45) is 0 Å². The molecule has 0 unspecified atom stereocenters. The first-order valence-electron chi connectivity index (χ1n) is 6.18. The number of carboxylic acid groups (broad SMARTS) is 1. The average Bonchev–Trinajstić information content (AvgIpc) is 2.82. The number of hydrogen-bond donors (Lipinski definition) is 2. The van der Waals surface area contributed by atoms with E-state index in [0.717, 1.165) is 10.4 Å². The minimum absolute atomic E-state index is 0.00909. The van der Waals surface area contributed by atoms with Crippen molar-refractivity contribution < 1.29 is 18.3 Å². The Morgan fingerprint density at radius 2 is 1.95 bits per heavy atom. The Labute approximate surface area is 127 Å². The van der Waals surface area contributed by atoms with Crippen molar-refractivity contribution in [3.05, 3.63) is 51.2 Å². The maximum absolute atomic E-state index is 12.2. The van der Waals surface area contributed by atoms with Gasteiger partial charge in [-0.3, -0.25) is 0 Å². The molecule has 112 valence electrons. The molecule has 21 heavy (non-hydrogen) atoms. The molecule has 0 atom stereocenters. The summed E-state index contributed by atoms with van der Waals surface area (Å²) in [4.78, 5) is 12.0. The summed E-state index contributed by atoms with van der Waals surface area (Å²) in [5.41, 5.74) is 1.54. The molecule has 1 heterocycles. The molecule has 2 N–H and O–H groups in total. The monoisotopic (exact) mass is 325 g/mol. The highest BCUT2D eigenvalue weighted by Crippen LogP contribution is 2.18. The third-order valence-electron chi connectivity index (χ3n) is 3.14. The number of benzene rings is 1. The van der Waals surface area contributed by atoms with E-state index in [2.05, 4.69) is 4.72 Å². The predicted octanol–water partition coefficient (Wildman–Crippen LogP) is 2.54. The second-order valence-corrected chi connectivity index (χ2v) is 7.40. The fourth-order valence-corrected chi connectivity index (χ4v) is 3.79. The van der Waals surface area contributed by atoms with Gasteiger partial charge in [-0.2, -0.15) is 0 Å². The summed E-state index contributed by atoms with van der Waals surface area (Å²) in [7, 11) is -3.73. The van der Waals surface area contributed by atoms with Crippen LogP contribution in [0.4, 0.5) is 0 Å². The van der Waals surface area contributed by atoms with Gasteiger partial charge < -0.3 is 5.11 Å². The maximum Gasteiger partial charge on any atom is 0.335 e. The van der Waals surface area contributed by atoms with Gasteiger partial charge >= 0.3 is 5.97 Å². The molecule has 0 amide bonds. The van der Waals surface area contributed by atoms with Crippen LogP contribution in [-0.2, 0) is 16.6 Å². The summed E-state index contributed by atoms with van der Waals surface area (Å²) in [6.45, 7) is 3.74. The molecule has 0 aliphatic rings. The summed E-state index contributed by atoms with van der Waals surface area (Å²) in [5, 5.41) is 11.0. The molecule has 0 aliphatic heterocycles. The molecule has 1 aromatic carbocycles. The van der Waals surface area contributed by atoms with Crippen LogP contribution in [0.1, 0.15) is 26.4 Å². The molecule has 0 aliphatic carbocycles. The number of carbonyl (C=O) groups is 1. The van der Waals surface area contributed by atoms with Crippen molar-refractivity contribution in [2.75, 3.05) is 0 Å². The molecule has 2 aromatic rings. The van der Waals surface area contributed by atoms with Gasteiger partial charge in [0.15, 0.2) is 0 Å². The van der Waals surface area contributed by atoms with Gasteiger partial charge in [0.1, 0.15) is 0 Å². The van der Waals surface area contributed by atoms with Gasteiger partial charge in [0.2, 0.25) is 10.0 Å².